The molecule has 0 radical (unpaired) electrons. The molecule has 4 N–H and O–H groups in total. The summed E-state index contributed by atoms with van der Waals surface area (Å²) in [6.45, 7) is 4.95. The molecule has 1 aromatic carbocycles. The fourth-order valence-corrected chi connectivity index (χ4v) is 5.07. The number of carbonyl (C=O) groups is 3. The van der Waals surface area contributed by atoms with Crippen LogP contribution in [-0.4, -0.2) is 60.5 Å². The highest BCUT2D eigenvalue weighted by Gasteiger charge is 2.34. The molecule has 2 heterocycles. The first-order chi connectivity index (χ1) is 19.3. The van der Waals surface area contributed by atoms with Crippen molar-refractivity contribution >= 4 is 29.3 Å². The molecule has 3 atom stereocenters. The van der Waals surface area contributed by atoms with Crippen molar-refractivity contribution < 1.29 is 19.1 Å². The van der Waals surface area contributed by atoms with E-state index < -0.39 is 18.1 Å². The zero-order valence-corrected chi connectivity index (χ0v) is 24.0. The van der Waals surface area contributed by atoms with Crippen molar-refractivity contribution in [3.63, 3.8) is 0 Å². The molecule has 1 aliphatic heterocycles. The monoisotopic (exact) mass is 569 g/mol. The molecule has 1 aromatic heterocycles. The van der Waals surface area contributed by atoms with Crippen LogP contribution in [0.15, 0.2) is 42.6 Å². The van der Waals surface area contributed by atoms with Crippen molar-refractivity contribution in [1.82, 2.24) is 26.3 Å². The zero-order valence-electron chi connectivity index (χ0n) is 23.3. The van der Waals surface area contributed by atoms with Gasteiger partial charge in [0, 0.05) is 24.3 Å². The number of nitrogens with one attached hydrogen (secondary N) is 4. The molecular formula is C30H40ClN5O4. The van der Waals surface area contributed by atoms with Gasteiger partial charge in [-0.2, -0.15) is 0 Å². The Morgan fingerprint density at radius 1 is 1.00 bits per heavy atom. The maximum Gasteiger partial charge on any atom is 0.243 e. The SMILES string of the molecule is CC(C)[C@H]1NC(=O)[C@@H](Cc2cccc(Cl)c2)NCCOc2cccnc2CCCNC(=O)[C@H](CC2CC2)NC1=O. The van der Waals surface area contributed by atoms with Crippen LogP contribution in [0.4, 0.5) is 0 Å². The van der Waals surface area contributed by atoms with Crippen LogP contribution >= 0.6 is 11.6 Å². The second-order valence-corrected chi connectivity index (χ2v) is 11.4. The number of ether oxygens (including phenoxy) is 1. The van der Waals surface area contributed by atoms with E-state index in [1.807, 2.05) is 44.2 Å². The Morgan fingerprint density at radius 2 is 1.82 bits per heavy atom. The van der Waals surface area contributed by atoms with Crippen molar-refractivity contribution in [2.75, 3.05) is 19.7 Å². The molecule has 0 unspecified atom stereocenters. The molecule has 10 heteroatoms. The summed E-state index contributed by atoms with van der Waals surface area (Å²) < 4.78 is 6.02. The van der Waals surface area contributed by atoms with Gasteiger partial charge in [0.2, 0.25) is 17.7 Å². The summed E-state index contributed by atoms with van der Waals surface area (Å²) in [4.78, 5) is 44.6. The number of aromatic nitrogens is 1. The van der Waals surface area contributed by atoms with Gasteiger partial charge in [-0.3, -0.25) is 19.4 Å². The van der Waals surface area contributed by atoms with E-state index >= 15 is 0 Å². The molecule has 9 nitrogen and oxygen atoms in total. The van der Waals surface area contributed by atoms with Gasteiger partial charge in [0.1, 0.15) is 24.4 Å². The minimum Gasteiger partial charge on any atom is -0.490 e. The molecule has 2 aliphatic rings. The molecule has 4 rings (SSSR count). The molecule has 2 aromatic rings. The first-order valence-corrected chi connectivity index (χ1v) is 14.6. The lowest BCUT2D eigenvalue weighted by molar-refractivity contribution is -0.133. The van der Waals surface area contributed by atoms with Gasteiger partial charge in [-0.25, -0.2) is 0 Å². The smallest absolute Gasteiger partial charge is 0.243 e. The molecule has 3 amide bonds. The van der Waals surface area contributed by atoms with Crippen LogP contribution in [0, 0.1) is 11.8 Å². The van der Waals surface area contributed by atoms with E-state index in [1.165, 1.54) is 0 Å². The van der Waals surface area contributed by atoms with Gasteiger partial charge in [0.05, 0.1) is 11.7 Å². The number of rotatable bonds is 5. The van der Waals surface area contributed by atoms with Gasteiger partial charge in [0.15, 0.2) is 0 Å². The largest absolute Gasteiger partial charge is 0.490 e. The molecule has 216 valence electrons. The molecule has 40 heavy (non-hydrogen) atoms. The molecular weight excluding hydrogens is 530 g/mol. The average Bonchev–Trinajstić information content (AvgIpc) is 3.75. The number of aryl methyl sites for hydroxylation is 1. The highest BCUT2D eigenvalue weighted by Crippen LogP contribution is 2.33. The number of benzene rings is 1. The van der Waals surface area contributed by atoms with Crippen molar-refractivity contribution in [2.45, 2.75) is 70.5 Å². The van der Waals surface area contributed by atoms with Gasteiger partial charge in [-0.1, -0.05) is 50.4 Å². The third kappa shape index (κ3) is 8.93. The van der Waals surface area contributed by atoms with E-state index in [4.69, 9.17) is 16.3 Å². The lowest BCUT2D eigenvalue weighted by atomic mass is 10.00. The molecule has 1 fully saturated rings. The number of carbonyl (C=O) groups excluding carboxylic acids is 3. The summed E-state index contributed by atoms with van der Waals surface area (Å²) in [7, 11) is 0. The predicted molar refractivity (Wildman–Crippen MR) is 154 cm³/mol. The Bertz CT molecular complexity index is 1170. The highest BCUT2D eigenvalue weighted by atomic mass is 35.5. The molecule has 0 bridgehead atoms. The Hall–Kier alpha value is -3.17. The third-order valence-electron chi connectivity index (χ3n) is 7.28. The minimum absolute atomic E-state index is 0.182. The van der Waals surface area contributed by atoms with E-state index in [-0.39, 0.29) is 23.6 Å². The van der Waals surface area contributed by atoms with Gasteiger partial charge in [0.25, 0.3) is 0 Å². The van der Waals surface area contributed by atoms with Gasteiger partial charge < -0.3 is 26.0 Å². The maximum atomic E-state index is 13.6. The third-order valence-corrected chi connectivity index (χ3v) is 7.51. The van der Waals surface area contributed by atoms with Crippen LogP contribution < -0.4 is 26.0 Å². The van der Waals surface area contributed by atoms with E-state index in [0.29, 0.717) is 62.1 Å². The Kier molecular flexibility index (Phi) is 10.8. The van der Waals surface area contributed by atoms with Crippen molar-refractivity contribution in [3.8, 4) is 5.75 Å². The minimum atomic E-state index is -0.793. The van der Waals surface area contributed by atoms with Crippen LogP contribution in [-0.2, 0) is 27.2 Å². The molecule has 1 saturated carbocycles. The second-order valence-electron chi connectivity index (χ2n) is 11.0. The quantitative estimate of drug-likeness (QED) is 0.439. The van der Waals surface area contributed by atoms with Crippen molar-refractivity contribution in [2.24, 2.45) is 11.8 Å². The zero-order chi connectivity index (χ0) is 28.5. The van der Waals surface area contributed by atoms with E-state index in [0.717, 1.165) is 24.1 Å². The first kappa shape index (κ1) is 29.8. The Morgan fingerprint density at radius 3 is 2.58 bits per heavy atom. The Balaban J connectivity index is 1.56. The normalized spacial score (nSPS) is 23.6. The lowest BCUT2D eigenvalue weighted by Crippen LogP contribution is -2.58. The summed E-state index contributed by atoms with van der Waals surface area (Å²) >= 11 is 6.20. The number of amides is 3. The van der Waals surface area contributed by atoms with E-state index in [2.05, 4.69) is 26.3 Å². The number of nitrogens with zero attached hydrogens (tertiary/aromatic N) is 1. The fourth-order valence-electron chi connectivity index (χ4n) is 4.85. The fraction of sp³-hybridized carbons (Fsp3) is 0.533. The van der Waals surface area contributed by atoms with Crippen molar-refractivity contribution in [1.29, 1.82) is 0 Å². The number of hydrogen-bond donors (Lipinski definition) is 4. The van der Waals surface area contributed by atoms with Gasteiger partial charge in [-0.15, -0.1) is 0 Å². The molecule has 0 saturated heterocycles. The summed E-state index contributed by atoms with van der Waals surface area (Å²) in [5.41, 5.74) is 1.71. The summed E-state index contributed by atoms with van der Waals surface area (Å²) in [6, 6.07) is 9.01. The van der Waals surface area contributed by atoms with Crippen molar-refractivity contribution in [3.05, 3.63) is 58.9 Å². The first-order valence-electron chi connectivity index (χ1n) is 14.2. The number of hydrogen-bond acceptors (Lipinski definition) is 6. The number of fused-ring (bicyclic) bond motifs is 1. The lowest BCUT2D eigenvalue weighted by Gasteiger charge is -2.27. The van der Waals surface area contributed by atoms with E-state index in [9.17, 15) is 14.4 Å². The van der Waals surface area contributed by atoms with Crippen LogP contribution in [0.2, 0.25) is 5.02 Å². The Labute approximate surface area is 241 Å². The summed E-state index contributed by atoms with van der Waals surface area (Å²) in [5, 5.41) is 12.8. The second kappa shape index (κ2) is 14.5. The van der Waals surface area contributed by atoms with Crippen LogP contribution in [0.3, 0.4) is 0 Å². The van der Waals surface area contributed by atoms with Gasteiger partial charge in [-0.05, 0) is 67.3 Å². The summed E-state index contributed by atoms with van der Waals surface area (Å²) in [6.07, 6.45) is 6.14. The standard InChI is InChI=1S/C30H40ClN5O4/c1-19(2)27-30(39)35-25(17-20-10-11-20)28(37)34-13-4-8-23-26(9-5-12-32-23)40-15-14-33-24(29(38)36-27)18-21-6-3-7-22(31)16-21/h3,5-7,9,12,16,19-20,24-25,27,33H,4,8,10-11,13-15,17-18H2,1-2H3,(H,34,37)(H,35,39)(H,36,38)/t24-,25+,27-/m1/s1. The molecule has 1 aliphatic carbocycles. The molecule has 0 spiro atoms. The predicted octanol–water partition coefficient (Wildman–Crippen LogP) is 2.80. The highest BCUT2D eigenvalue weighted by molar-refractivity contribution is 6.30. The van der Waals surface area contributed by atoms with Gasteiger partial charge >= 0.3 is 0 Å². The van der Waals surface area contributed by atoms with E-state index in [1.54, 1.807) is 12.3 Å². The number of pyridine rings is 1. The topological polar surface area (TPSA) is 121 Å². The maximum absolute atomic E-state index is 13.6. The average molecular weight is 570 g/mol. The summed E-state index contributed by atoms with van der Waals surface area (Å²) in [5.74, 6) is 0.0757. The van der Waals surface area contributed by atoms with Crippen LogP contribution in [0.1, 0.15) is 50.8 Å². The van der Waals surface area contributed by atoms with Crippen LogP contribution in [0.25, 0.3) is 0 Å². The number of halogens is 1. The van der Waals surface area contributed by atoms with Crippen LogP contribution in [0.5, 0.6) is 5.75 Å².